The van der Waals surface area contributed by atoms with Gasteiger partial charge in [-0.2, -0.15) is 0 Å². The standard InChI is InChI=1S/C14H22N2O2/c1-3-13-12(6-9-18-13)14(17)16-7-4-11(5-8-16)10-15-2/h6,9,11,15H,3-5,7-8,10H2,1-2H3. The Morgan fingerprint density at radius 2 is 2.22 bits per heavy atom. The second-order valence-corrected chi connectivity index (χ2v) is 4.90. The molecule has 0 spiro atoms. The normalized spacial score (nSPS) is 17.1. The molecule has 100 valence electrons. The molecule has 0 radical (unpaired) electrons. The van der Waals surface area contributed by atoms with E-state index in [2.05, 4.69) is 5.32 Å². The van der Waals surface area contributed by atoms with Crippen LogP contribution < -0.4 is 5.32 Å². The predicted molar refractivity (Wildman–Crippen MR) is 70.6 cm³/mol. The number of amides is 1. The molecule has 0 atom stereocenters. The van der Waals surface area contributed by atoms with E-state index in [0.29, 0.717) is 5.92 Å². The maximum Gasteiger partial charge on any atom is 0.257 e. The third-order valence-electron chi connectivity index (χ3n) is 3.69. The third kappa shape index (κ3) is 2.75. The zero-order chi connectivity index (χ0) is 13.0. The summed E-state index contributed by atoms with van der Waals surface area (Å²) in [7, 11) is 1.98. The first-order chi connectivity index (χ1) is 8.76. The van der Waals surface area contributed by atoms with Crippen molar-refractivity contribution in [3.05, 3.63) is 23.7 Å². The first-order valence-electron chi connectivity index (χ1n) is 6.76. The van der Waals surface area contributed by atoms with Crippen molar-refractivity contribution in [2.75, 3.05) is 26.7 Å². The molecule has 1 N–H and O–H groups in total. The molecule has 4 heteroatoms. The third-order valence-corrected chi connectivity index (χ3v) is 3.69. The summed E-state index contributed by atoms with van der Waals surface area (Å²) in [6.45, 7) is 4.78. The number of piperidine rings is 1. The molecule has 1 aromatic rings. The van der Waals surface area contributed by atoms with Gasteiger partial charge in [-0.3, -0.25) is 4.79 Å². The van der Waals surface area contributed by atoms with Gasteiger partial charge >= 0.3 is 0 Å². The monoisotopic (exact) mass is 250 g/mol. The Labute approximate surface area is 108 Å². The van der Waals surface area contributed by atoms with Crippen LogP contribution in [0.3, 0.4) is 0 Å². The molecule has 1 amide bonds. The van der Waals surface area contributed by atoms with Crippen LogP contribution in [-0.4, -0.2) is 37.5 Å². The number of hydrogen-bond acceptors (Lipinski definition) is 3. The quantitative estimate of drug-likeness (QED) is 0.888. The van der Waals surface area contributed by atoms with E-state index < -0.39 is 0 Å². The number of aryl methyl sites for hydroxylation is 1. The fraction of sp³-hybridized carbons (Fsp3) is 0.643. The Balaban J connectivity index is 1.95. The highest BCUT2D eigenvalue weighted by Crippen LogP contribution is 2.20. The summed E-state index contributed by atoms with van der Waals surface area (Å²) in [6, 6.07) is 1.79. The van der Waals surface area contributed by atoms with Gasteiger partial charge in [0.05, 0.1) is 11.8 Å². The van der Waals surface area contributed by atoms with Crippen molar-refractivity contribution >= 4 is 5.91 Å². The maximum absolute atomic E-state index is 12.4. The molecule has 18 heavy (non-hydrogen) atoms. The van der Waals surface area contributed by atoms with Gasteiger partial charge in [-0.15, -0.1) is 0 Å². The van der Waals surface area contributed by atoms with Crippen LogP contribution in [0.1, 0.15) is 35.9 Å². The summed E-state index contributed by atoms with van der Waals surface area (Å²) in [6.07, 6.45) is 4.56. The van der Waals surface area contributed by atoms with E-state index in [9.17, 15) is 4.79 Å². The fourth-order valence-electron chi connectivity index (χ4n) is 2.60. The molecule has 2 rings (SSSR count). The number of rotatable bonds is 4. The summed E-state index contributed by atoms with van der Waals surface area (Å²) in [5.74, 6) is 1.63. The van der Waals surface area contributed by atoms with Crippen molar-refractivity contribution < 1.29 is 9.21 Å². The minimum atomic E-state index is 0.128. The largest absolute Gasteiger partial charge is 0.469 e. The van der Waals surface area contributed by atoms with E-state index in [4.69, 9.17) is 4.42 Å². The first-order valence-corrected chi connectivity index (χ1v) is 6.76. The minimum Gasteiger partial charge on any atom is -0.469 e. The van der Waals surface area contributed by atoms with Crippen LogP contribution in [0.25, 0.3) is 0 Å². The molecule has 0 aliphatic carbocycles. The molecule has 0 unspecified atom stereocenters. The van der Waals surface area contributed by atoms with Gasteiger partial charge in [0, 0.05) is 19.5 Å². The van der Waals surface area contributed by atoms with Crippen LogP contribution in [0.15, 0.2) is 16.7 Å². The van der Waals surface area contributed by atoms with Gasteiger partial charge in [0.1, 0.15) is 5.76 Å². The van der Waals surface area contributed by atoms with Gasteiger partial charge in [-0.25, -0.2) is 0 Å². The highest BCUT2D eigenvalue weighted by molar-refractivity contribution is 5.95. The number of likely N-dealkylation sites (tertiary alicyclic amines) is 1. The van der Waals surface area contributed by atoms with E-state index in [1.165, 1.54) is 0 Å². The summed E-state index contributed by atoms with van der Waals surface area (Å²) in [5, 5.41) is 3.21. The molecule has 0 aromatic carbocycles. The van der Waals surface area contributed by atoms with Crippen LogP contribution >= 0.6 is 0 Å². The Bertz CT molecular complexity index is 392. The molecule has 2 heterocycles. The molecule has 0 saturated carbocycles. The van der Waals surface area contributed by atoms with E-state index in [0.717, 1.165) is 50.2 Å². The zero-order valence-corrected chi connectivity index (χ0v) is 11.2. The van der Waals surface area contributed by atoms with Crippen LogP contribution in [-0.2, 0) is 6.42 Å². The van der Waals surface area contributed by atoms with Crippen molar-refractivity contribution in [2.45, 2.75) is 26.2 Å². The van der Waals surface area contributed by atoms with E-state index in [1.54, 1.807) is 12.3 Å². The van der Waals surface area contributed by atoms with Gasteiger partial charge in [-0.1, -0.05) is 6.92 Å². The van der Waals surface area contributed by atoms with Crippen molar-refractivity contribution in [2.24, 2.45) is 5.92 Å². The maximum atomic E-state index is 12.4. The lowest BCUT2D eigenvalue weighted by Crippen LogP contribution is -2.40. The van der Waals surface area contributed by atoms with Crippen molar-refractivity contribution in [3.63, 3.8) is 0 Å². The van der Waals surface area contributed by atoms with Gasteiger partial charge in [0.25, 0.3) is 5.91 Å². The topological polar surface area (TPSA) is 45.5 Å². The summed E-state index contributed by atoms with van der Waals surface area (Å²) < 4.78 is 5.33. The predicted octanol–water partition coefficient (Wildman–Crippen LogP) is 1.91. The lowest BCUT2D eigenvalue weighted by molar-refractivity contribution is 0.0688. The Morgan fingerprint density at radius 1 is 1.50 bits per heavy atom. The second-order valence-electron chi connectivity index (χ2n) is 4.90. The van der Waals surface area contributed by atoms with Crippen molar-refractivity contribution in [1.82, 2.24) is 10.2 Å². The van der Waals surface area contributed by atoms with Crippen LogP contribution in [0.5, 0.6) is 0 Å². The average molecular weight is 250 g/mol. The van der Waals surface area contributed by atoms with E-state index in [1.807, 2.05) is 18.9 Å². The lowest BCUT2D eigenvalue weighted by atomic mass is 9.96. The molecule has 1 aliphatic rings. The molecular weight excluding hydrogens is 228 g/mol. The highest BCUT2D eigenvalue weighted by Gasteiger charge is 2.25. The molecule has 0 bridgehead atoms. The average Bonchev–Trinajstić information content (AvgIpc) is 2.87. The van der Waals surface area contributed by atoms with Gasteiger partial charge in [-0.05, 0) is 38.4 Å². The van der Waals surface area contributed by atoms with Crippen LogP contribution in [0.2, 0.25) is 0 Å². The van der Waals surface area contributed by atoms with Crippen LogP contribution in [0.4, 0.5) is 0 Å². The smallest absolute Gasteiger partial charge is 0.257 e. The first kappa shape index (κ1) is 13.1. The number of nitrogens with one attached hydrogen (secondary N) is 1. The zero-order valence-electron chi connectivity index (χ0n) is 11.2. The van der Waals surface area contributed by atoms with E-state index in [-0.39, 0.29) is 5.91 Å². The highest BCUT2D eigenvalue weighted by atomic mass is 16.3. The second kappa shape index (κ2) is 6.05. The molecule has 1 aliphatic heterocycles. The van der Waals surface area contributed by atoms with E-state index >= 15 is 0 Å². The number of nitrogens with zero attached hydrogens (tertiary/aromatic N) is 1. The Hall–Kier alpha value is -1.29. The van der Waals surface area contributed by atoms with Crippen molar-refractivity contribution in [3.8, 4) is 0 Å². The number of carbonyl (C=O) groups excluding carboxylic acids is 1. The molecular formula is C14H22N2O2. The van der Waals surface area contributed by atoms with Gasteiger partial charge in [0.15, 0.2) is 0 Å². The number of furan rings is 1. The van der Waals surface area contributed by atoms with Crippen LogP contribution in [0, 0.1) is 5.92 Å². The fourth-order valence-corrected chi connectivity index (χ4v) is 2.60. The molecule has 1 aromatic heterocycles. The number of carbonyl (C=O) groups is 1. The summed E-state index contributed by atoms with van der Waals surface area (Å²) >= 11 is 0. The molecule has 1 fully saturated rings. The molecule has 1 saturated heterocycles. The Kier molecular flexibility index (Phi) is 4.42. The Morgan fingerprint density at radius 3 is 2.83 bits per heavy atom. The summed E-state index contributed by atoms with van der Waals surface area (Å²) in [5.41, 5.74) is 0.740. The SMILES string of the molecule is CCc1occc1C(=O)N1CCC(CNC)CC1. The molecule has 4 nitrogen and oxygen atoms in total. The summed E-state index contributed by atoms with van der Waals surface area (Å²) in [4.78, 5) is 14.3. The number of hydrogen-bond donors (Lipinski definition) is 1. The van der Waals surface area contributed by atoms with Gasteiger partial charge in [0.2, 0.25) is 0 Å². The van der Waals surface area contributed by atoms with Gasteiger partial charge < -0.3 is 14.6 Å². The van der Waals surface area contributed by atoms with Crippen molar-refractivity contribution in [1.29, 1.82) is 0 Å². The lowest BCUT2D eigenvalue weighted by Gasteiger charge is -2.31. The minimum absolute atomic E-state index is 0.128.